The molecule has 1 aliphatic heterocycles. The zero-order valence-electron chi connectivity index (χ0n) is 14.6. The molecule has 0 N–H and O–H groups in total. The predicted molar refractivity (Wildman–Crippen MR) is 95.3 cm³/mol. The standard InChI is InChI=1S/C18H24N6O/c1-22-16(4-9-20-18(22)25)12-23-10-6-15(7-11-23)24(14-2-3-14)17-5-8-19-13-21-17/h4-5,8-9,13-15H,2-3,6-7,10-12H2,1H3. The van der Waals surface area contributed by atoms with E-state index in [0.717, 1.165) is 44.0 Å². The highest BCUT2D eigenvalue weighted by Crippen LogP contribution is 2.35. The van der Waals surface area contributed by atoms with Gasteiger partial charge in [-0.2, -0.15) is 0 Å². The van der Waals surface area contributed by atoms with E-state index in [1.807, 2.05) is 18.3 Å². The largest absolute Gasteiger partial charge is 0.350 e. The maximum atomic E-state index is 11.7. The highest BCUT2D eigenvalue weighted by atomic mass is 16.1. The first-order valence-electron chi connectivity index (χ1n) is 9.00. The first kappa shape index (κ1) is 16.2. The van der Waals surface area contributed by atoms with Gasteiger partial charge in [-0.1, -0.05) is 0 Å². The number of anilines is 1. The van der Waals surface area contributed by atoms with Gasteiger partial charge in [0.1, 0.15) is 12.1 Å². The molecule has 0 spiro atoms. The van der Waals surface area contributed by atoms with Crippen molar-refractivity contribution < 1.29 is 0 Å². The van der Waals surface area contributed by atoms with Gasteiger partial charge in [0.2, 0.25) is 0 Å². The second-order valence-corrected chi connectivity index (χ2v) is 6.99. The molecular weight excluding hydrogens is 316 g/mol. The zero-order chi connectivity index (χ0) is 17.2. The molecule has 2 fully saturated rings. The average molecular weight is 340 g/mol. The Morgan fingerprint density at radius 2 is 1.84 bits per heavy atom. The molecule has 3 heterocycles. The monoisotopic (exact) mass is 340 g/mol. The van der Waals surface area contributed by atoms with Crippen LogP contribution in [0, 0.1) is 0 Å². The molecule has 2 aliphatic rings. The van der Waals surface area contributed by atoms with Crippen LogP contribution in [0.15, 0.2) is 35.6 Å². The third kappa shape index (κ3) is 3.56. The number of nitrogens with zero attached hydrogens (tertiary/aromatic N) is 6. The number of aromatic nitrogens is 4. The lowest BCUT2D eigenvalue weighted by Gasteiger charge is -2.39. The third-order valence-corrected chi connectivity index (χ3v) is 5.28. The molecule has 0 radical (unpaired) electrons. The van der Waals surface area contributed by atoms with Crippen molar-refractivity contribution in [2.75, 3.05) is 18.0 Å². The molecule has 1 saturated carbocycles. The summed E-state index contributed by atoms with van der Waals surface area (Å²) in [6, 6.07) is 5.15. The number of piperidine rings is 1. The van der Waals surface area contributed by atoms with E-state index in [2.05, 4.69) is 24.8 Å². The molecular formula is C18H24N6O. The lowest BCUT2D eigenvalue weighted by Crippen LogP contribution is -2.46. The number of rotatable bonds is 5. The van der Waals surface area contributed by atoms with Crippen molar-refractivity contribution in [1.29, 1.82) is 0 Å². The van der Waals surface area contributed by atoms with Gasteiger partial charge < -0.3 is 4.90 Å². The van der Waals surface area contributed by atoms with E-state index in [1.165, 1.54) is 12.8 Å². The maximum Gasteiger partial charge on any atom is 0.347 e. The Morgan fingerprint density at radius 1 is 1.08 bits per heavy atom. The van der Waals surface area contributed by atoms with Crippen LogP contribution in [0.25, 0.3) is 0 Å². The fourth-order valence-electron chi connectivity index (χ4n) is 3.71. The Hall–Kier alpha value is -2.28. The molecule has 2 aromatic heterocycles. The van der Waals surface area contributed by atoms with Gasteiger partial charge in [-0.05, 0) is 37.8 Å². The van der Waals surface area contributed by atoms with Crippen LogP contribution in [-0.4, -0.2) is 49.6 Å². The van der Waals surface area contributed by atoms with Crippen LogP contribution in [-0.2, 0) is 13.6 Å². The zero-order valence-corrected chi connectivity index (χ0v) is 14.6. The minimum Gasteiger partial charge on any atom is -0.350 e. The quantitative estimate of drug-likeness (QED) is 0.815. The molecule has 25 heavy (non-hydrogen) atoms. The molecule has 1 saturated heterocycles. The summed E-state index contributed by atoms with van der Waals surface area (Å²) < 4.78 is 1.64. The lowest BCUT2D eigenvalue weighted by molar-refractivity contribution is 0.196. The maximum absolute atomic E-state index is 11.7. The summed E-state index contributed by atoms with van der Waals surface area (Å²) in [5.74, 6) is 1.06. The van der Waals surface area contributed by atoms with Gasteiger partial charge in [0.15, 0.2) is 0 Å². The molecule has 1 aliphatic carbocycles. The average Bonchev–Trinajstić information content (AvgIpc) is 3.47. The summed E-state index contributed by atoms with van der Waals surface area (Å²) in [6.07, 6.45) is 9.86. The first-order chi connectivity index (χ1) is 12.2. The van der Waals surface area contributed by atoms with E-state index in [-0.39, 0.29) is 5.69 Å². The second-order valence-electron chi connectivity index (χ2n) is 6.99. The Labute approximate surface area is 147 Å². The summed E-state index contributed by atoms with van der Waals surface area (Å²) in [5, 5.41) is 0. The number of hydrogen-bond acceptors (Lipinski definition) is 6. The Kier molecular flexibility index (Phi) is 4.48. The van der Waals surface area contributed by atoms with E-state index < -0.39 is 0 Å². The Balaban J connectivity index is 1.41. The van der Waals surface area contributed by atoms with Gasteiger partial charge in [0, 0.05) is 56.9 Å². The predicted octanol–water partition coefficient (Wildman–Crippen LogP) is 1.20. The fourth-order valence-corrected chi connectivity index (χ4v) is 3.71. The highest BCUT2D eigenvalue weighted by Gasteiger charge is 2.36. The normalized spacial score (nSPS) is 19.1. The van der Waals surface area contributed by atoms with Gasteiger partial charge in [0.05, 0.1) is 0 Å². The van der Waals surface area contributed by atoms with Crippen LogP contribution in [0.3, 0.4) is 0 Å². The van der Waals surface area contributed by atoms with Crippen molar-refractivity contribution in [3.63, 3.8) is 0 Å². The Bertz CT molecular complexity index is 765. The van der Waals surface area contributed by atoms with Crippen molar-refractivity contribution in [2.24, 2.45) is 7.05 Å². The fraction of sp³-hybridized carbons (Fsp3) is 0.556. The summed E-state index contributed by atoms with van der Waals surface area (Å²) >= 11 is 0. The molecule has 0 aromatic carbocycles. The molecule has 0 amide bonds. The molecule has 0 unspecified atom stereocenters. The minimum absolute atomic E-state index is 0.184. The Morgan fingerprint density at radius 3 is 2.52 bits per heavy atom. The van der Waals surface area contributed by atoms with Crippen LogP contribution in [0.5, 0.6) is 0 Å². The van der Waals surface area contributed by atoms with E-state index in [0.29, 0.717) is 12.1 Å². The molecule has 7 nitrogen and oxygen atoms in total. The van der Waals surface area contributed by atoms with E-state index >= 15 is 0 Å². The van der Waals surface area contributed by atoms with Crippen molar-refractivity contribution in [1.82, 2.24) is 24.4 Å². The summed E-state index contributed by atoms with van der Waals surface area (Å²) in [4.78, 5) is 28.9. The highest BCUT2D eigenvalue weighted by molar-refractivity contribution is 5.41. The van der Waals surface area contributed by atoms with Crippen LogP contribution < -0.4 is 10.6 Å². The van der Waals surface area contributed by atoms with Crippen molar-refractivity contribution >= 4 is 5.82 Å². The van der Waals surface area contributed by atoms with Crippen molar-refractivity contribution in [2.45, 2.75) is 44.3 Å². The van der Waals surface area contributed by atoms with Gasteiger partial charge in [-0.15, -0.1) is 0 Å². The third-order valence-electron chi connectivity index (χ3n) is 5.28. The van der Waals surface area contributed by atoms with Gasteiger partial charge in [-0.3, -0.25) is 9.47 Å². The van der Waals surface area contributed by atoms with Crippen molar-refractivity contribution in [3.8, 4) is 0 Å². The smallest absolute Gasteiger partial charge is 0.347 e. The van der Waals surface area contributed by atoms with Crippen LogP contribution in [0.2, 0.25) is 0 Å². The summed E-state index contributed by atoms with van der Waals surface area (Å²) in [7, 11) is 1.79. The molecule has 0 bridgehead atoms. The molecule has 132 valence electrons. The topological polar surface area (TPSA) is 67.2 Å². The van der Waals surface area contributed by atoms with E-state index in [9.17, 15) is 4.79 Å². The van der Waals surface area contributed by atoms with Gasteiger partial charge in [0.25, 0.3) is 0 Å². The first-order valence-corrected chi connectivity index (χ1v) is 9.00. The van der Waals surface area contributed by atoms with Crippen molar-refractivity contribution in [3.05, 3.63) is 47.0 Å². The lowest BCUT2D eigenvalue weighted by atomic mass is 10.0. The summed E-state index contributed by atoms with van der Waals surface area (Å²) in [5.41, 5.74) is 0.837. The minimum atomic E-state index is -0.184. The van der Waals surface area contributed by atoms with Gasteiger partial charge in [-0.25, -0.2) is 19.7 Å². The molecule has 2 aromatic rings. The number of likely N-dealkylation sites (tertiary alicyclic amines) is 1. The van der Waals surface area contributed by atoms with Crippen LogP contribution in [0.4, 0.5) is 5.82 Å². The number of hydrogen-bond donors (Lipinski definition) is 0. The van der Waals surface area contributed by atoms with Crippen LogP contribution in [0.1, 0.15) is 31.4 Å². The molecule has 4 rings (SSSR count). The van der Waals surface area contributed by atoms with E-state index in [4.69, 9.17) is 0 Å². The summed E-state index contributed by atoms with van der Waals surface area (Å²) in [6.45, 7) is 2.88. The molecule has 7 heteroatoms. The second kappa shape index (κ2) is 6.92. The van der Waals surface area contributed by atoms with E-state index in [1.54, 1.807) is 24.1 Å². The SMILES string of the molecule is Cn1c(CN2CCC(N(c3ccncn3)C3CC3)CC2)ccnc1=O. The van der Waals surface area contributed by atoms with Crippen LogP contribution >= 0.6 is 0 Å². The van der Waals surface area contributed by atoms with Gasteiger partial charge >= 0.3 is 5.69 Å². The molecule has 0 atom stereocenters.